The van der Waals surface area contributed by atoms with Gasteiger partial charge in [-0.05, 0) is 43.4 Å². The van der Waals surface area contributed by atoms with Crippen molar-refractivity contribution in [2.45, 2.75) is 37.3 Å². The summed E-state index contributed by atoms with van der Waals surface area (Å²) in [4.78, 5) is 13.6. The molecule has 0 bridgehead atoms. The zero-order chi connectivity index (χ0) is 20.9. The summed E-state index contributed by atoms with van der Waals surface area (Å²) in [5.74, 6) is 1.40. The van der Waals surface area contributed by atoms with E-state index in [9.17, 15) is 10.1 Å². The van der Waals surface area contributed by atoms with Crippen molar-refractivity contribution >= 4 is 34.0 Å². The first-order chi connectivity index (χ1) is 14.7. The van der Waals surface area contributed by atoms with E-state index in [1.165, 1.54) is 28.0 Å². The Morgan fingerprint density at radius 2 is 2.17 bits per heavy atom. The third kappa shape index (κ3) is 4.35. The maximum absolute atomic E-state index is 12.4. The van der Waals surface area contributed by atoms with Gasteiger partial charge >= 0.3 is 0 Å². The van der Waals surface area contributed by atoms with E-state index >= 15 is 0 Å². The van der Waals surface area contributed by atoms with E-state index in [0.29, 0.717) is 33.2 Å². The molecular formula is C21H20N4O3S2. The van der Waals surface area contributed by atoms with Gasteiger partial charge in [-0.25, -0.2) is 0 Å². The number of aryl methyl sites for hydroxylation is 1. The van der Waals surface area contributed by atoms with Crippen molar-refractivity contribution in [3.63, 3.8) is 0 Å². The molecule has 154 valence electrons. The van der Waals surface area contributed by atoms with Gasteiger partial charge in [0.2, 0.25) is 5.91 Å². The van der Waals surface area contributed by atoms with Gasteiger partial charge in [-0.2, -0.15) is 5.26 Å². The van der Waals surface area contributed by atoms with Crippen LogP contribution in [0.15, 0.2) is 33.9 Å². The number of anilines is 1. The van der Waals surface area contributed by atoms with Crippen molar-refractivity contribution in [3.8, 4) is 23.3 Å². The van der Waals surface area contributed by atoms with Crippen LogP contribution in [0.2, 0.25) is 0 Å². The van der Waals surface area contributed by atoms with E-state index in [1.807, 2.05) is 24.3 Å². The fourth-order valence-electron chi connectivity index (χ4n) is 3.39. The van der Waals surface area contributed by atoms with Crippen molar-refractivity contribution in [2.75, 3.05) is 18.2 Å². The Hall–Kier alpha value is -2.83. The number of ether oxygens (including phenoxy) is 1. The van der Waals surface area contributed by atoms with Gasteiger partial charge in [0.15, 0.2) is 0 Å². The number of thioether (sulfide) groups is 1. The topological polar surface area (TPSA) is 101 Å². The molecule has 30 heavy (non-hydrogen) atoms. The highest BCUT2D eigenvalue weighted by molar-refractivity contribution is 7.99. The minimum Gasteiger partial charge on any atom is -0.496 e. The molecule has 0 fully saturated rings. The van der Waals surface area contributed by atoms with Crippen LogP contribution in [0.1, 0.15) is 35.3 Å². The minimum absolute atomic E-state index is 0.123. The van der Waals surface area contributed by atoms with Crippen molar-refractivity contribution in [3.05, 3.63) is 40.3 Å². The molecule has 4 rings (SSSR count). The van der Waals surface area contributed by atoms with Gasteiger partial charge in [0.1, 0.15) is 16.8 Å². The number of nitrogens with zero attached hydrogens (tertiary/aromatic N) is 3. The Bertz CT molecular complexity index is 1100. The largest absolute Gasteiger partial charge is 0.496 e. The third-order valence-electron chi connectivity index (χ3n) is 4.83. The molecule has 7 nitrogen and oxygen atoms in total. The Morgan fingerprint density at radius 1 is 1.33 bits per heavy atom. The number of para-hydroxylation sites is 1. The second-order valence-corrected chi connectivity index (χ2v) is 8.90. The first-order valence-electron chi connectivity index (χ1n) is 9.63. The van der Waals surface area contributed by atoms with E-state index in [0.717, 1.165) is 36.8 Å². The summed E-state index contributed by atoms with van der Waals surface area (Å²) in [7, 11) is 1.59. The molecule has 1 N–H and O–H groups in total. The van der Waals surface area contributed by atoms with E-state index in [2.05, 4.69) is 21.6 Å². The first-order valence-corrected chi connectivity index (χ1v) is 11.4. The molecule has 1 aromatic carbocycles. The van der Waals surface area contributed by atoms with Gasteiger partial charge in [0, 0.05) is 17.1 Å². The van der Waals surface area contributed by atoms with Crippen LogP contribution in [0.3, 0.4) is 0 Å². The molecule has 0 unspecified atom stereocenters. The lowest BCUT2D eigenvalue weighted by Crippen LogP contribution is -2.12. The summed E-state index contributed by atoms with van der Waals surface area (Å²) in [6.07, 6.45) is 4.44. The molecule has 0 saturated carbocycles. The molecular weight excluding hydrogens is 420 g/mol. The van der Waals surface area contributed by atoms with E-state index in [1.54, 1.807) is 7.11 Å². The van der Waals surface area contributed by atoms with Crippen LogP contribution in [-0.4, -0.2) is 29.0 Å². The molecule has 9 heteroatoms. The van der Waals surface area contributed by atoms with Gasteiger partial charge in [0.05, 0.1) is 18.2 Å². The lowest BCUT2D eigenvalue weighted by molar-refractivity contribution is -0.115. The maximum atomic E-state index is 12.4. The Labute approximate surface area is 182 Å². The molecule has 2 aromatic heterocycles. The van der Waals surface area contributed by atoms with Gasteiger partial charge in [-0.3, -0.25) is 4.79 Å². The van der Waals surface area contributed by atoms with E-state index < -0.39 is 0 Å². The Morgan fingerprint density at radius 3 is 3.00 bits per heavy atom. The van der Waals surface area contributed by atoms with Gasteiger partial charge in [0.25, 0.3) is 11.1 Å². The molecule has 0 aliphatic heterocycles. The predicted molar refractivity (Wildman–Crippen MR) is 116 cm³/mol. The monoisotopic (exact) mass is 440 g/mol. The number of rotatable bonds is 7. The summed E-state index contributed by atoms with van der Waals surface area (Å²) in [5, 5.41) is 21.6. The zero-order valence-electron chi connectivity index (χ0n) is 16.4. The molecule has 2 heterocycles. The van der Waals surface area contributed by atoms with Gasteiger partial charge in [-0.1, -0.05) is 23.9 Å². The molecule has 1 amide bonds. The number of hydrogen-bond donors (Lipinski definition) is 1. The number of hydrogen-bond acceptors (Lipinski definition) is 8. The number of benzene rings is 1. The second kappa shape index (κ2) is 9.32. The number of aromatic nitrogens is 2. The highest BCUT2D eigenvalue weighted by Crippen LogP contribution is 2.37. The number of thiophene rings is 1. The minimum atomic E-state index is -0.123. The van der Waals surface area contributed by atoms with E-state index in [-0.39, 0.29) is 12.3 Å². The van der Waals surface area contributed by atoms with Gasteiger partial charge in [-0.15, -0.1) is 21.5 Å². The van der Waals surface area contributed by atoms with Crippen molar-refractivity contribution in [1.82, 2.24) is 10.2 Å². The Balaban J connectivity index is 1.33. The van der Waals surface area contributed by atoms with Crippen LogP contribution in [0.5, 0.6) is 5.75 Å². The molecule has 1 aliphatic carbocycles. The lowest BCUT2D eigenvalue weighted by atomic mass is 9.96. The van der Waals surface area contributed by atoms with Crippen LogP contribution < -0.4 is 10.1 Å². The summed E-state index contributed by atoms with van der Waals surface area (Å²) < 4.78 is 11.0. The highest BCUT2D eigenvalue weighted by Gasteiger charge is 2.22. The fourth-order valence-corrected chi connectivity index (χ4v) is 5.35. The number of amides is 1. The van der Waals surface area contributed by atoms with Crippen LogP contribution in [0.4, 0.5) is 5.00 Å². The Kier molecular flexibility index (Phi) is 6.35. The van der Waals surface area contributed by atoms with Crippen LogP contribution in [0.25, 0.3) is 11.5 Å². The van der Waals surface area contributed by atoms with Crippen LogP contribution in [-0.2, 0) is 17.6 Å². The van der Waals surface area contributed by atoms with Crippen molar-refractivity contribution in [2.24, 2.45) is 0 Å². The molecule has 0 saturated heterocycles. The number of fused-ring (bicyclic) bond motifs is 1. The predicted octanol–water partition coefficient (Wildman–Crippen LogP) is 4.68. The summed E-state index contributed by atoms with van der Waals surface area (Å²) in [6.45, 7) is 0. The zero-order valence-corrected chi connectivity index (χ0v) is 18.1. The van der Waals surface area contributed by atoms with Crippen LogP contribution in [0, 0.1) is 11.3 Å². The maximum Gasteiger partial charge on any atom is 0.276 e. The second-order valence-electron chi connectivity index (χ2n) is 6.75. The fraction of sp³-hybridized carbons (Fsp3) is 0.333. The number of nitriles is 1. The number of nitrogens with one attached hydrogen (secondary N) is 1. The molecule has 0 radical (unpaired) electrons. The normalized spacial score (nSPS) is 12.8. The number of methoxy groups -OCH3 is 1. The summed E-state index contributed by atoms with van der Waals surface area (Å²) >= 11 is 2.86. The van der Waals surface area contributed by atoms with Crippen LogP contribution >= 0.6 is 23.1 Å². The van der Waals surface area contributed by atoms with Crippen molar-refractivity contribution in [1.29, 1.82) is 5.26 Å². The molecule has 1 aliphatic rings. The van der Waals surface area contributed by atoms with E-state index in [4.69, 9.17) is 9.15 Å². The molecule has 0 atom stereocenters. The van der Waals surface area contributed by atoms with Gasteiger partial charge < -0.3 is 14.5 Å². The van der Waals surface area contributed by atoms with Crippen molar-refractivity contribution < 1.29 is 13.9 Å². The SMILES string of the molecule is COc1ccccc1-c1nnc(SCCC(=O)Nc2sc3c(c2C#N)CCCC3)o1. The first kappa shape index (κ1) is 20.4. The average molecular weight is 441 g/mol. The average Bonchev–Trinajstić information content (AvgIpc) is 3.37. The summed E-state index contributed by atoms with van der Waals surface area (Å²) in [5.41, 5.74) is 2.48. The highest BCUT2D eigenvalue weighted by atomic mass is 32.2. The number of carbonyl (C=O) groups excluding carboxylic acids is 1. The molecule has 3 aromatic rings. The lowest BCUT2D eigenvalue weighted by Gasteiger charge is -2.09. The summed E-state index contributed by atoms with van der Waals surface area (Å²) in [6, 6.07) is 9.68. The molecule has 0 spiro atoms. The third-order valence-corrected chi connectivity index (χ3v) is 6.86. The number of carbonyl (C=O) groups is 1. The smallest absolute Gasteiger partial charge is 0.276 e. The quantitative estimate of drug-likeness (QED) is 0.532. The standard InChI is InChI=1S/C21H20N4O3S2/c1-27-16-8-4-2-7-14(16)19-24-25-21(28-19)29-11-10-18(26)23-20-15(12-22)13-6-3-5-9-17(13)30-20/h2,4,7-8H,3,5-6,9-11H2,1H3,(H,23,26).